The lowest BCUT2D eigenvalue weighted by Crippen LogP contribution is -2.30. The van der Waals surface area contributed by atoms with Crippen LogP contribution < -0.4 is 20.7 Å². The lowest BCUT2D eigenvalue weighted by molar-refractivity contribution is -0.116. The minimum atomic E-state index is -0.621. The fourth-order valence-electron chi connectivity index (χ4n) is 4.44. The van der Waals surface area contributed by atoms with Crippen molar-refractivity contribution in [2.75, 3.05) is 17.2 Å². The zero-order valence-electron chi connectivity index (χ0n) is 25.2. The van der Waals surface area contributed by atoms with Crippen LogP contribution in [0.2, 0.25) is 0 Å². The van der Waals surface area contributed by atoms with E-state index in [-0.39, 0.29) is 11.6 Å². The van der Waals surface area contributed by atoms with Crippen LogP contribution >= 0.6 is 11.8 Å². The van der Waals surface area contributed by atoms with E-state index >= 15 is 0 Å². The van der Waals surface area contributed by atoms with Gasteiger partial charge in [-0.1, -0.05) is 71.9 Å². The molecule has 46 heavy (non-hydrogen) atoms. The monoisotopic (exact) mass is 632 g/mol. The third-order valence-electron chi connectivity index (χ3n) is 6.60. The van der Waals surface area contributed by atoms with Crippen LogP contribution in [0.1, 0.15) is 39.4 Å². The highest BCUT2D eigenvalue weighted by atomic mass is 32.2. The number of thioether (sulfide) groups is 1. The molecule has 9 nitrogen and oxygen atoms in total. The van der Waals surface area contributed by atoms with Crippen LogP contribution in [0.4, 0.5) is 11.5 Å². The van der Waals surface area contributed by atoms with E-state index < -0.39 is 17.1 Å². The van der Waals surface area contributed by atoms with Crippen LogP contribution in [0.3, 0.4) is 0 Å². The molecule has 5 rings (SSSR count). The van der Waals surface area contributed by atoms with Crippen LogP contribution in [0.15, 0.2) is 130 Å². The van der Waals surface area contributed by atoms with Crippen molar-refractivity contribution in [2.24, 2.45) is 0 Å². The molecule has 3 N–H and O–H groups in total. The van der Waals surface area contributed by atoms with Crippen molar-refractivity contribution in [3.8, 4) is 5.75 Å². The van der Waals surface area contributed by atoms with E-state index in [1.54, 1.807) is 85.8 Å². The Kier molecular flexibility index (Phi) is 10.6. The number of nitrogens with one attached hydrogen (secondary N) is 3. The highest BCUT2D eigenvalue weighted by Crippen LogP contribution is 2.37. The second-order valence-electron chi connectivity index (χ2n) is 10.1. The first-order valence-corrected chi connectivity index (χ1v) is 15.4. The molecule has 0 aliphatic rings. The molecule has 1 unspecified atom stereocenters. The minimum absolute atomic E-state index is 0.0560. The van der Waals surface area contributed by atoms with Crippen LogP contribution in [-0.4, -0.2) is 29.5 Å². The number of ether oxygens (including phenoxy) is 1. The molecule has 0 fully saturated rings. The number of carbonyl (C=O) groups is 3. The highest BCUT2D eigenvalue weighted by Gasteiger charge is 2.24. The topological polar surface area (TPSA) is 123 Å². The molecule has 1 heterocycles. The lowest BCUT2D eigenvalue weighted by atomic mass is 10.1. The van der Waals surface area contributed by atoms with Crippen LogP contribution in [0.5, 0.6) is 5.75 Å². The second kappa shape index (κ2) is 15.4. The molecule has 232 valence electrons. The predicted molar refractivity (Wildman–Crippen MR) is 179 cm³/mol. The van der Waals surface area contributed by atoms with Crippen molar-refractivity contribution in [1.29, 1.82) is 0 Å². The number of hydrogen-bond donors (Lipinski definition) is 3. The fourth-order valence-corrected chi connectivity index (χ4v) is 5.52. The van der Waals surface area contributed by atoms with Crippen molar-refractivity contribution in [1.82, 2.24) is 10.5 Å². The molecule has 0 radical (unpaired) electrons. The van der Waals surface area contributed by atoms with Gasteiger partial charge < -0.3 is 25.2 Å². The number of rotatable bonds is 12. The number of aromatic nitrogens is 1. The molecule has 10 heteroatoms. The SMILES string of the molecule is CCOc1ccc(/C=C(/NC(=O)c2ccccc2)C(=O)Nc2cccc(SC(C(=O)Nc3cc(C)on3)c3ccccc3)c2)cc1. The molecule has 5 aromatic rings. The summed E-state index contributed by atoms with van der Waals surface area (Å²) in [7, 11) is 0. The van der Waals surface area contributed by atoms with Crippen molar-refractivity contribution in [3.05, 3.63) is 143 Å². The molecule has 0 saturated heterocycles. The number of benzene rings is 4. The largest absolute Gasteiger partial charge is 0.494 e. The summed E-state index contributed by atoms with van der Waals surface area (Å²) >= 11 is 1.32. The van der Waals surface area contributed by atoms with Crippen molar-refractivity contribution < 1.29 is 23.6 Å². The molecule has 0 aliphatic heterocycles. The average molecular weight is 633 g/mol. The molecule has 0 aliphatic carbocycles. The Morgan fingerprint density at radius 3 is 2.26 bits per heavy atom. The number of anilines is 2. The van der Waals surface area contributed by atoms with Crippen molar-refractivity contribution >= 4 is 47.1 Å². The van der Waals surface area contributed by atoms with Gasteiger partial charge in [-0.2, -0.15) is 0 Å². The third kappa shape index (κ3) is 8.73. The summed E-state index contributed by atoms with van der Waals surface area (Å²) in [5, 5.41) is 11.7. The Morgan fingerprint density at radius 2 is 1.59 bits per heavy atom. The molecule has 4 aromatic carbocycles. The Morgan fingerprint density at radius 1 is 0.870 bits per heavy atom. The maximum atomic E-state index is 13.6. The van der Waals surface area contributed by atoms with Gasteiger partial charge in [0.05, 0.1) is 6.61 Å². The second-order valence-corrected chi connectivity index (χ2v) is 11.3. The van der Waals surface area contributed by atoms with E-state index in [0.29, 0.717) is 40.7 Å². The van der Waals surface area contributed by atoms with Crippen molar-refractivity contribution in [2.45, 2.75) is 24.0 Å². The number of aryl methyl sites for hydroxylation is 1. The standard InChI is InChI=1S/C36H32N4O5S/c1-3-44-29-19-17-25(18-20-29)22-31(38-34(41)27-13-8-5-9-14-27)35(42)37-28-15-10-16-30(23-28)46-33(26-11-6-4-7-12-26)36(43)39-32-21-24(2)45-40-32/h4-23,33H,3H2,1-2H3,(H,37,42)(H,38,41)(H,39,40,43)/b31-22+. The van der Waals surface area contributed by atoms with E-state index in [1.807, 2.05) is 49.4 Å². The van der Waals surface area contributed by atoms with Gasteiger partial charge in [-0.05, 0) is 73.5 Å². The predicted octanol–water partition coefficient (Wildman–Crippen LogP) is 7.26. The Hall–Kier alpha value is -5.61. The van der Waals surface area contributed by atoms with Gasteiger partial charge in [0.2, 0.25) is 5.91 Å². The smallest absolute Gasteiger partial charge is 0.272 e. The van der Waals surface area contributed by atoms with Crippen molar-refractivity contribution in [3.63, 3.8) is 0 Å². The summed E-state index contributed by atoms with van der Waals surface area (Å²) in [6, 6.07) is 34.1. The molecule has 0 spiro atoms. The summed E-state index contributed by atoms with van der Waals surface area (Å²) < 4.78 is 10.6. The highest BCUT2D eigenvalue weighted by molar-refractivity contribution is 8.00. The zero-order valence-corrected chi connectivity index (χ0v) is 26.0. The fraction of sp³-hybridized carbons (Fsp3) is 0.111. The quantitative estimate of drug-likeness (QED) is 0.0977. The molecule has 1 atom stereocenters. The number of hydrogen-bond acceptors (Lipinski definition) is 7. The zero-order chi connectivity index (χ0) is 32.3. The molecule has 1 aromatic heterocycles. The number of nitrogens with zero attached hydrogens (tertiary/aromatic N) is 1. The summed E-state index contributed by atoms with van der Waals surface area (Å²) in [5.74, 6) is 0.401. The van der Waals surface area contributed by atoms with Gasteiger partial charge in [0, 0.05) is 22.2 Å². The Balaban J connectivity index is 1.37. The lowest BCUT2D eigenvalue weighted by Gasteiger charge is -2.17. The Bertz CT molecular complexity index is 1820. The van der Waals surface area contributed by atoms with Gasteiger partial charge >= 0.3 is 0 Å². The average Bonchev–Trinajstić information content (AvgIpc) is 3.49. The van der Waals surface area contributed by atoms with Crippen LogP contribution in [0, 0.1) is 6.92 Å². The number of amides is 3. The molecule has 3 amide bonds. The van der Waals surface area contributed by atoms with Gasteiger partial charge in [-0.25, -0.2) is 0 Å². The van der Waals surface area contributed by atoms with Gasteiger partial charge in [0.25, 0.3) is 11.8 Å². The summed E-state index contributed by atoms with van der Waals surface area (Å²) in [6.45, 7) is 4.18. The maximum absolute atomic E-state index is 13.6. The number of carbonyl (C=O) groups excluding carboxylic acids is 3. The van der Waals surface area contributed by atoms with E-state index in [9.17, 15) is 14.4 Å². The van der Waals surface area contributed by atoms with E-state index in [1.165, 1.54) is 11.8 Å². The van der Waals surface area contributed by atoms with E-state index in [4.69, 9.17) is 9.26 Å². The van der Waals surface area contributed by atoms with Gasteiger partial charge in [-0.15, -0.1) is 11.8 Å². The minimum Gasteiger partial charge on any atom is -0.494 e. The summed E-state index contributed by atoms with van der Waals surface area (Å²) in [6.07, 6.45) is 1.60. The molecular formula is C36H32N4O5S. The summed E-state index contributed by atoms with van der Waals surface area (Å²) in [4.78, 5) is 40.8. The Labute approximate surface area is 271 Å². The maximum Gasteiger partial charge on any atom is 0.272 e. The molecule has 0 saturated carbocycles. The first-order chi connectivity index (χ1) is 22.4. The summed E-state index contributed by atoms with van der Waals surface area (Å²) in [5.41, 5.74) is 2.45. The first kappa shape index (κ1) is 31.8. The van der Waals surface area contributed by atoms with Crippen LogP contribution in [0.25, 0.3) is 6.08 Å². The van der Waals surface area contributed by atoms with Gasteiger partial charge in [0.15, 0.2) is 5.82 Å². The molecule has 0 bridgehead atoms. The van der Waals surface area contributed by atoms with Gasteiger partial charge in [-0.3, -0.25) is 14.4 Å². The molecular weight excluding hydrogens is 600 g/mol. The first-order valence-electron chi connectivity index (χ1n) is 14.6. The van der Waals surface area contributed by atoms with E-state index in [0.717, 1.165) is 10.5 Å². The normalized spacial score (nSPS) is 11.7. The van der Waals surface area contributed by atoms with Gasteiger partial charge in [0.1, 0.15) is 22.5 Å². The third-order valence-corrected chi connectivity index (χ3v) is 7.84. The van der Waals surface area contributed by atoms with Crippen LogP contribution in [-0.2, 0) is 9.59 Å². The van der Waals surface area contributed by atoms with E-state index in [2.05, 4.69) is 21.1 Å².